The van der Waals surface area contributed by atoms with Crippen molar-refractivity contribution in [1.82, 2.24) is 4.90 Å². The molecule has 3 heteroatoms. The summed E-state index contributed by atoms with van der Waals surface area (Å²) in [5.41, 5.74) is -0.545. The van der Waals surface area contributed by atoms with Gasteiger partial charge < -0.3 is 10.2 Å². The van der Waals surface area contributed by atoms with Crippen molar-refractivity contribution in [2.75, 3.05) is 19.6 Å². The van der Waals surface area contributed by atoms with Crippen LogP contribution in [0.2, 0.25) is 0 Å². The highest BCUT2D eigenvalue weighted by molar-refractivity contribution is 4.86. The summed E-state index contributed by atoms with van der Waals surface area (Å²) in [6, 6.07) is 0. The van der Waals surface area contributed by atoms with E-state index in [1.54, 1.807) is 0 Å². The standard InChI is InChI=1S/C10H21NO2/c1-8(2)9(12)6-11-5-4-10(3,13)7-11/h8-9,12-13H,4-7H2,1-3H3. The second kappa shape index (κ2) is 3.95. The van der Waals surface area contributed by atoms with E-state index in [9.17, 15) is 10.2 Å². The molecule has 0 bridgehead atoms. The van der Waals surface area contributed by atoms with Gasteiger partial charge in [0.2, 0.25) is 0 Å². The predicted octanol–water partition coefficient (Wildman–Crippen LogP) is 0.460. The van der Waals surface area contributed by atoms with E-state index in [0.29, 0.717) is 19.0 Å². The maximum absolute atomic E-state index is 9.69. The third-order valence-corrected chi connectivity index (χ3v) is 2.75. The third-order valence-electron chi connectivity index (χ3n) is 2.75. The van der Waals surface area contributed by atoms with Gasteiger partial charge in [-0.2, -0.15) is 0 Å². The van der Waals surface area contributed by atoms with Gasteiger partial charge in [0.25, 0.3) is 0 Å². The van der Waals surface area contributed by atoms with Crippen LogP contribution in [0.3, 0.4) is 0 Å². The van der Waals surface area contributed by atoms with Crippen molar-refractivity contribution in [2.24, 2.45) is 5.92 Å². The van der Waals surface area contributed by atoms with Crippen LogP contribution in [0.5, 0.6) is 0 Å². The number of aliphatic hydroxyl groups excluding tert-OH is 1. The van der Waals surface area contributed by atoms with Crippen LogP contribution in [0.25, 0.3) is 0 Å². The van der Waals surface area contributed by atoms with Crippen LogP contribution in [0.15, 0.2) is 0 Å². The fourth-order valence-corrected chi connectivity index (χ4v) is 1.67. The summed E-state index contributed by atoms with van der Waals surface area (Å²) in [5.74, 6) is 0.297. The predicted molar refractivity (Wildman–Crippen MR) is 52.5 cm³/mol. The maximum Gasteiger partial charge on any atom is 0.0758 e. The Kier molecular flexibility index (Phi) is 3.33. The second-order valence-corrected chi connectivity index (χ2v) is 4.79. The van der Waals surface area contributed by atoms with E-state index in [1.165, 1.54) is 0 Å². The zero-order valence-electron chi connectivity index (χ0n) is 8.82. The molecule has 78 valence electrons. The van der Waals surface area contributed by atoms with Crippen LogP contribution >= 0.6 is 0 Å². The number of β-amino-alcohol motifs (C(OH)–C–C–N with tert-alkyl or cyclic N) is 2. The lowest BCUT2D eigenvalue weighted by molar-refractivity contribution is 0.0489. The van der Waals surface area contributed by atoms with Crippen molar-refractivity contribution in [2.45, 2.75) is 38.9 Å². The lowest BCUT2D eigenvalue weighted by Crippen LogP contribution is -2.36. The van der Waals surface area contributed by atoms with Crippen molar-refractivity contribution < 1.29 is 10.2 Å². The van der Waals surface area contributed by atoms with Crippen LogP contribution in [-0.4, -0.2) is 46.5 Å². The van der Waals surface area contributed by atoms with Crippen molar-refractivity contribution >= 4 is 0 Å². The molecule has 13 heavy (non-hydrogen) atoms. The van der Waals surface area contributed by atoms with E-state index in [2.05, 4.69) is 4.90 Å². The number of hydrogen-bond acceptors (Lipinski definition) is 3. The van der Waals surface area contributed by atoms with Gasteiger partial charge in [-0.3, -0.25) is 4.90 Å². The summed E-state index contributed by atoms with van der Waals surface area (Å²) in [5, 5.41) is 19.3. The zero-order valence-corrected chi connectivity index (χ0v) is 8.82. The highest BCUT2D eigenvalue weighted by Gasteiger charge is 2.32. The van der Waals surface area contributed by atoms with E-state index in [1.807, 2.05) is 20.8 Å². The average Bonchev–Trinajstić information content (AvgIpc) is 2.30. The molecule has 1 heterocycles. The van der Waals surface area contributed by atoms with Gasteiger partial charge in [0.1, 0.15) is 0 Å². The van der Waals surface area contributed by atoms with Gasteiger partial charge in [-0.25, -0.2) is 0 Å². The summed E-state index contributed by atoms with van der Waals surface area (Å²) in [6.45, 7) is 8.16. The first kappa shape index (κ1) is 11.0. The molecular formula is C10H21NO2. The minimum absolute atomic E-state index is 0.270. The highest BCUT2D eigenvalue weighted by Crippen LogP contribution is 2.20. The number of hydrogen-bond donors (Lipinski definition) is 2. The van der Waals surface area contributed by atoms with Crippen LogP contribution in [0.1, 0.15) is 27.2 Å². The van der Waals surface area contributed by atoms with Gasteiger partial charge in [0.05, 0.1) is 11.7 Å². The average molecular weight is 187 g/mol. The molecule has 0 radical (unpaired) electrons. The zero-order chi connectivity index (χ0) is 10.1. The maximum atomic E-state index is 9.69. The molecule has 0 aromatic rings. The van der Waals surface area contributed by atoms with Gasteiger partial charge in [-0.05, 0) is 19.3 Å². The topological polar surface area (TPSA) is 43.7 Å². The van der Waals surface area contributed by atoms with Crippen molar-refractivity contribution in [3.8, 4) is 0 Å². The molecule has 0 spiro atoms. The molecule has 1 saturated heterocycles. The van der Waals surface area contributed by atoms with E-state index in [0.717, 1.165) is 13.0 Å². The Morgan fingerprint density at radius 2 is 2.08 bits per heavy atom. The molecule has 2 unspecified atom stereocenters. The van der Waals surface area contributed by atoms with E-state index >= 15 is 0 Å². The largest absolute Gasteiger partial charge is 0.392 e. The Morgan fingerprint density at radius 3 is 2.46 bits per heavy atom. The smallest absolute Gasteiger partial charge is 0.0758 e. The Bertz CT molecular complexity index is 168. The molecule has 0 aliphatic carbocycles. The highest BCUT2D eigenvalue weighted by atomic mass is 16.3. The van der Waals surface area contributed by atoms with Gasteiger partial charge in [-0.1, -0.05) is 13.8 Å². The third kappa shape index (κ3) is 3.25. The van der Waals surface area contributed by atoms with Crippen LogP contribution < -0.4 is 0 Å². The number of nitrogens with zero attached hydrogens (tertiary/aromatic N) is 1. The number of likely N-dealkylation sites (tertiary alicyclic amines) is 1. The van der Waals surface area contributed by atoms with Crippen molar-refractivity contribution in [3.63, 3.8) is 0 Å². The minimum atomic E-state index is -0.545. The number of rotatable bonds is 3. The first-order valence-electron chi connectivity index (χ1n) is 5.03. The first-order chi connectivity index (χ1) is 5.91. The van der Waals surface area contributed by atoms with E-state index < -0.39 is 5.60 Å². The molecule has 3 nitrogen and oxygen atoms in total. The molecule has 2 atom stereocenters. The molecular weight excluding hydrogens is 166 g/mol. The fraction of sp³-hybridized carbons (Fsp3) is 1.00. The minimum Gasteiger partial charge on any atom is -0.392 e. The SMILES string of the molecule is CC(C)C(O)CN1CCC(C)(O)C1. The van der Waals surface area contributed by atoms with Crippen LogP contribution in [0.4, 0.5) is 0 Å². The molecule has 1 aliphatic heterocycles. The lowest BCUT2D eigenvalue weighted by atomic mass is 10.1. The quantitative estimate of drug-likeness (QED) is 0.674. The Morgan fingerprint density at radius 1 is 1.46 bits per heavy atom. The van der Waals surface area contributed by atoms with Crippen LogP contribution in [0, 0.1) is 5.92 Å². The summed E-state index contributed by atoms with van der Waals surface area (Å²) in [4.78, 5) is 2.13. The molecule has 1 rings (SSSR count). The van der Waals surface area contributed by atoms with Crippen molar-refractivity contribution in [1.29, 1.82) is 0 Å². The molecule has 0 amide bonds. The normalized spacial score (nSPS) is 32.8. The van der Waals surface area contributed by atoms with Gasteiger partial charge >= 0.3 is 0 Å². The molecule has 0 saturated carbocycles. The molecule has 0 aromatic heterocycles. The molecule has 1 aliphatic rings. The summed E-state index contributed by atoms with van der Waals surface area (Å²) in [7, 11) is 0. The summed E-state index contributed by atoms with van der Waals surface area (Å²) < 4.78 is 0. The monoisotopic (exact) mass is 187 g/mol. The van der Waals surface area contributed by atoms with Crippen molar-refractivity contribution in [3.05, 3.63) is 0 Å². The summed E-state index contributed by atoms with van der Waals surface area (Å²) in [6.07, 6.45) is 0.548. The Labute approximate surface area is 80.4 Å². The Balaban J connectivity index is 2.32. The first-order valence-corrected chi connectivity index (χ1v) is 5.03. The number of aliphatic hydroxyl groups is 2. The van der Waals surface area contributed by atoms with E-state index in [4.69, 9.17) is 0 Å². The fourth-order valence-electron chi connectivity index (χ4n) is 1.67. The van der Waals surface area contributed by atoms with Gasteiger partial charge in [-0.15, -0.1) is 0 Å². The molecule has 1 fully saturated rings. The molecule has 0 aromatic carbocycles. The Hall–Kier alpha value is -0.120. The second-order valence-electron chi connectivity index (χ2n) is 4.79. The van der Waals surface area contributed by atoms with E-state index in [-0.39, 0.29) is 6.10 Å². The lowest BCUT2D eigenvalue weighted by Gasteiger charge is -2.23. The molecule has 2 N–H and O–H groups in total. The van der Waals surface area contributed by atoms with Crippen LogP contribution in [-0.2, 0) is 0 Å². The van der Waals surface area contributed by atoms with Gasteiger partial charge in [0.15, 0.2) is 0 Å². The summed E-state index contributed by atoms with van der Waals surface area (Å²) >= 11 is 0. The van der Waals surface area contributed by atoms with Gasteiger partial charge in [0, 0.05) is 19.6 Å².